The van der Waals surface area contributed by atoms with Crippen molar-refractivity contribution in [2.24, 2.45) is 0 Å². The summed E-state index contributed by atoms with van der Waals surface area (Å²) < 4.78 is 0. The summed E-state index contributed by atoms with van der Waals surface area (Å²) in [4.78, 5) is 30.4. The first-order valence-corrected chi connectivity index (χ1v) is 28.0. The fourth-order valence-corrected chi connectivity index (χ4v) is 9.94. The molecule has 0 atom stereocenters. The van der Waals surface area contributed by atoms with E-state index in [4.69, 9.17) is 0 Å². The topological polar surface area (TPSA) is 34.1 Å². The van der Waals surface area contributed by atoms with Gasteiger partial charge in [0.15, 0.2) is 0 Å². The van der Waals surface area contributed by atoms with Gasteiger partial charge in [-0.1, -0.05) is 170 Å². The van der Waals surface area contributed by atoms with Crippen LogP contribution in [0.4, 0.5) is 0 Å². The Kier molecular flexibility index (Phi) is 24.9. The van der Waals surface area contributed by atoms with Crippen LogP contribution in [0.25, 0.3) is 0 Å². The van der Waals surface area contributed by atoms with E-state index in [0.29, 0.717) is 0 Å². The number of carbonyl (C=O) groups is 2. The van der Waals surface area contributed by atoms with Gasteiger partial charge in [0.25, 0.3) is 0 Å². The van der Waals surface area contributed by atoms with E-state index in [2.05, 4.69) is 159 Å². The second kappa shape index (κ2) is 31.0. The van der Waals surface area contributed by atoms with Crippen molar-refractivity contribution in [1.29, 1.82) is 0 Å². The van der Waals surface area contributed by atoms with Crippen LogP contribution >= 0.6 is 88.2 Å². The lowest BCUT2D eigenvalue weighted by Crippen LogP contribution is -1.91. The zero-order valence-corrected chi connectivity index (χ0v) is 45.2. The normalized spacial score (nSPS) is 10.3. The van der Waals surface area contributed by atoms with Crippen molar-refractivity contribution in [3.8, 4) is 0 Å². The third-order valence-electron chi connectivity index (χ3n) is 10.2. The fourth-order valence-electron chi connectivity index (χ4n) is 6.08. The average molecular weight is 1070 g/mol. The second-order valence-electron chi connectivity index (χ2n) is 15.2. The van der Waals surface area contributed by atoms with Crippen molar-refractivity contribution >= 4 is 98.5 Å². The van der Waals surface area contributed by atoms with Crippen LogP contribution < -0.4 is 0 Å². The summed E-state index contributed by atoms with van der Waals surface area (Å²) in [5.74, 6) is 1.98. The van der Waals surface area contributed by atoms with Gasteiger partial charge in [0, 0.05) is 57.3 Å². The lowest BCUT2D eigenvalue weighted by molar-refractivity contribution is 0.108. The van der Waals surface area contributed by atoms with Crippen molar-refractivity contribution in [1.82, 2.24) is 0 Å². The molecule has 8 aromatic carbocycles. The molecule has 0 spiro atoms. The number of alkyl halides is 1. The van der Waals surface area contributed by atoms with Crippen LogP contribution in [0.3, 0.4) is 0 Å². The highest BCUT2D eigenvalue weighted by Crippen LogP contribution is 2.29. The smallest absolute Gasteiger partial charge is 0.224 e. The monoisotopic (exact) mass is 1070 g/mol. The molecule has 0 saturated heterocycles. The van der Waals surface area contributed by atoms with E-state index in [1.54, 1.807) is 0 Å². The molecular formula is C59H57BrO2S6. The van der Waals surface area contributed by atoms with Gasteiger partial charge in [-0.25, -0.2) is 0 Å². The molecule has 0 amide bonds. The number of aryl methyl sites for hydroxylation is 3. The molecule has 348 valence electrons. The van der Waals surface area contributed by atoms with Gasteiger partial charge in [-0.3, -0.25) is 9.59 Å². The Morgan fingerprint density at radius 1 is 0.368 bits per heavy atom. The van der Waals surface area contributed by atoms with Crippen LogP contribution in [-0.4, -0.2) is 10.2 Å². The summed E-state index contributed by atoms with van der Waals surface area (Å²) in [5.41, 5.74) is 9.70. The molecule has 0 bridgehead atoms. The summed E-state index contributed by atoms with van der Waals surface area (Å²) in [5, 5.41) is 1.10. The lowest BCUT2D eigenvalue weighted by atomic mass is 10.1. The van der Waals surface area contributed by atoms with E-state index >= 15 is 0 Å². The zero-order chi connectivity index (χ0) is 48.4. The Morgan fingerprint density at radius 2 is 0.647 bits per heavy atom. The van der Waals surface area contributed by atoms with Crippen LogP contribution in [0.5, 0.6) is 0 Å². The minimum Gasteiger partial charge on any atom is -0.281 e. The number of hydrogen-bond donors (Lipinski definition) is 2. The van der Waals surface area contributed by atoms with Crippen molar-refractivity contribution in [3.63, 3.8) is 0 Å². The van der Waals surface area contributed by atoms with E-state index in [0.717, 1.165) is 66.8 Å². The molecule has 68 heavy (non-hydrogen) atoms. The molecule has 9 heteroatoms. The highest BCUT2D eigenvalue weighted by molar-refractivity contribution is 9.08. The van der Waals surface area contributed by atoms with Crippen molar-refractivity contribution in [3.05, 3.63) is 251 Å². The molecule has 0 N–H and O–H groups in total. The van der Waals surface area contributed by atoms with E-state index in [1.165, 1.54) is 66.7 Å². The van der Waals surface area contributed by atoms with E-state index in [-0.39, 0.29) is 10.2 Å². The van der Waals surface area contributed by atoms with Crippen LogP contribution in [0.15, 0.2) is 236 Å². The SMILES string of the molecule is CCc1ccc(CBr)cc1.CCc1ccc(CSc2ccc(S)cc2)cc1.CCc1ccc(CSc2ccc(SC(=O)c3ccccc3)cc2)cc1.O=C(Sc1ccc(S)cc1)c1ccccc1. The van der Waals surface area contributed by atoms with Crippen molar-refractivity contribution in [2.75, 3.05) is 0 Å². The summed E-state index contributed by atoms with van der Waals surface area (Å²) in [6.07, 6.45) is 3.31. The largest absolute Gasteiger partial charge is 0.281 e. The molecule has 0 aliphatic rings. The van der Waals surface area contributed by atoms with Crippen LogP contribution in [0, 0.1) is 0 Å². The number of hydrogen-bond acceptors (Lipinski definition) is 8. The molecule has 0 saturated carbocycles. The second-order valence-corrected chi connectivity index (χ2v) is 21.0. The molecule has 0 aliphatic heterocycles. The maximum absolute atomic E-state index is 12.2. The van der Waals surface area contributed by atoms with Crippen LogP contribution in [-0.2, 0) is 36.1 Å². The van der Waals surface area contributed by atoms with Crippen LogP contribution in [0.2, 0.25) is 0 Å². The Morgan fingerprint density at radius 3 is 0.971 bits per heavy atom. The quantitative estimate of drug-likeness (QED) is 0.0642. The van der Waals surface area contributed by atoms with Gasteiger partial charge in [-0.2, -0.15) is 0 Å². The number of thioether (sulfide) groups is 4. The number of thiol groups is 2. The van der Waals surface area contributed by atoms with Crippen LogP contribution in [0.1, 0.15) is 74.9 Å². The molecule has 0 aliphatic carbocycles. The number of carbonyl (C=O) groups excluding carboxylic acids is 2. The Balaban J connectivity index is 0.000000178. The average Bonchev–Trinajstić information content (AvgIpc) is 3.40. The standard InChI is InChI=1S/C22H20OS2.C15H16S2.C13H10OS2.C9H11Br/c1-2-17-8-10-18(11-9-17)16-24-20-12-14-21(15-13-20)25-22(23)19-6-4-3-5-7-19;1-2-12-3-5-13(6-4-12)11-17-15-9-7-14(16)8-10-15;14-13(10-4-2-1-3-5-10)16-12-8-6-11(15)7-9-12;1-2-8-3-5-9(7-10)6-4-8/h3-15H,2,16H2,1H3;3-10,16H,2,11H2,1H3;1-9,15H;3-6H,2,7H2,1H3. The van der Waals surface area contributed by atoms with E-state index in [9.17, 15) is 9.59 Å². The number of halogens is 1. The van der Waals surface area contributed by atoms with E-state index in [1.807, 2.05) is 133 Å². The first-order chi connectivity index (χ1) is 33.1. The minimum absolute atomic E-state index is 0.0625. The van der Waals surface area contributed by atoms with Crippen molar-refractivity contribution in [2.45, 2.75) is 86.2 Å². The Hall–Kier alpha value is -4.32. The molecule has 8 rings (SSSR count). The molecule has 0 fully saturated rings. The van der Waals surface area contributed by atoms with Gasteiger partial charge in [0.1, 0.15) is 0 Å². The minimum atomic E-state index is 0.0625. The predicted octanol–water partition coefficient (Wildman–Crippen LogP) is 18.4. The predicted molar refractivity (Wildman–Crippen MR) is 306 cm³/mol. The van der Waals surface area contributed by atoms with Gasteiger partial charge >= 0.3 is 0 Å². The molecule has 0 heterocycles. The first-order valence-electron chi connectivity index (χ1n) is 22.4. The maximum atomic E-state index is 12.2. The molecule has 8 aromatic rings. The Bertz CT molecular complexity index is 2640. The van der Waals surface area contributed by atoms with Gasteiger partial charge in [-0.05, 0) is 149 Å². The Labute approximate surface area is 441 Å². The van der Waals surface area contributed by atoms with Gasteiger partial charge < -0.3 is 0 Å². The number of rotatable bonds is 14. The highest BCUT2D eigenvalue weighted by Gasteiger charge is 2.09. The summed E-state index contributed by atoms with van der Waals surface area (Å²) in [6, 6.07) is 69.1. The highest BCUT2D eigenvalue weighted by atomic mass is 79.9. The van der Waals surface area contributed by atoms with Crippen molar-refractivity contribution < 1.29 is 9.59 Å². The summed E-state index contributed by atoms with van der Waals surface area (Å²) in [6.45, 7) is 6.53. The molecular weight excluding hydrogens is 1010 g/mol. The van der Waals surface area contributed by atoms with Gasteiger partial charge in [0.05, 0.1) is 0 Å². The summed E-state index contributed by atoms with van der Waals surface area (Å²) >= 11 is 18.1. The molecule has 0 unspecified atom stereocenters. The third-order valence-corrected chi connectivity index (χ3v) is 15.5. The van der Waals surface area contributed by atoms with Gasteiger partial charge in [0.2, 0.25) is 10.2 Å². The fraction of sp³-hybridized carbons (Fsp3) is 0.153. The maximum Gasteiger partial charge on any atom is 0.224 e. The summed E-state index contributed by atoms with van der Waals surface area (Å²) in [7, 11) is 0. The van der Waals surface area contributed by atoms with Gasteiger partial charge in [-0.15, -0.1) is 48.8 Å². The molecule has 0 aromatic heterocycles. The van der Waals surface area contributed by atoms with E-state index < -0.39 is 0 Å². The third kappa shape index (κ3) is 20.3. The molecule has 0 radical (unpaired) electrons. The zero-order valence-electron chi connectivity index (χ0n) is 38.6. The number of benzene rings is 8. The first kappa shape index (κ1) is 54.6. The lowest BCUT2D eigenvalue weighted by Gasteiger charge is -2.05. The molecule has 2 nitrogen and oxygen atoms in total.